The van der Waals surface area contributed by atoms with Gasteiger partial charge in [-0.05, 0) is 97.7 Å². The van der Waals surface area contributed by atoms with Crippen LogP contribution in [-0.4, -0.2) is 58.1 Å². The summed E-state index contributed by atoms with van der Waals surface area (Å²) in [7, 11) is 0. The molecule has 0 unspecified atom stereocenters. The first-order valence-electron chi connectivity index (χ1n) is 13.6. The largest absolute Gasteiger partial charge is 0.481 e. The first-order valence-corrected chi connectivity index (χ1v) is 14.1. The van der Waals surface area contributed by atoms with E-state index in [0.29, 0.717) is 31.7 Å². The van der Waals surface area contributed by atoms with Crippen molar-refractivity contribution < 1.29 is 29.6 Å². The quantitative estimate of drug-likeness (QED) is 0.374. The highest BCUT2D eigenvalue weighted by molar-refractivity contribution is 6.18. The van der Waals surface area contributed by atoms with Gasteiger partial charge in [0.2, 0.25) is 0 Å². The van der Waals surface area contributed by atoms with Crippen LogP contribution in [0.2, 0.25) is 0 Å². The summed E-state index contributed by atoms with van der Waals surface area (Å²) in [5, 5.41) is 35.0. The Morgan fingerprint density at radius 1 is 1.11 bits per heavy atom. The SMILES string of the molecule is C[C@H](CCC(=O)O)[C@H]1CC[C@H]2[C@@H]3[C@H](O)C[C@@H]4C[C@H](OC(=O)NCCCl)CC[C@]4(C)[C@H]3C[C@H](O)[C@]12C. The predicted octanol–water partition coefficient (Wildman–Crippen LogP) is 4.42. The van der Waals surface area contributed by atoms with E-state index >= 15 is 0 Å². The molecule has 0 aliphatic heterocycles. The summed E-state index contributed by atoms with van der Waals surface area (Å²) in [5.41, 5.74) is -0.282. The molecule has 4 N–H and O–H groups in total. The van der Waals surface area contributed by atoms with Crippen molar-refractivity contribution in [1.82, 2.24) is 5.32 Å². The van der Waals surface area contributed by atoms with E-state index < -0.39 is 24.3 Å². The minimum absolute atomic E-state index is 0.00565. The maximum atomic E-state index is 12.1. The standard InChI is InChI=1S/C27H44ClNO6/c1-15(4-7-23(32)33)18-5-6-19-24-20(14-22(31)27(18,19)3)26(2)9-8-17(12-16(26)13-21(24)30)35-25(34)29-11-10-28/h15-22,24,30-31H,4-14H2,1-3H3,(H,29,34)(H,32,33)/t15-,16+,17-,18-,19+,20+,21-,22+,24+,26+,27-/m1/s1. The molecule has 4 rings (SSSR count). The lowest BCUT2D eigenvalue weighted by molar-refractivity contribution is -0.207. The van der Waals surface area contributed by atoms with Crippen molar-refractivity contribution in [3.05, 3.63) is 0 Å². The van der Waals surface area contributed by atoms with Crippen LogP contribution in [0.3, 0.4) is 0 Å². The minimum atomic E-state index is -0.765. The number of amides is 1. The molecule has 11 atom stereocenters. The molecule has 4 saturated carbocycles. The second-order valence-corrected chi connectivity index (χ2v) is 12.8. The van der Waals surface area contributed by atoms with Gasteiger partial charge >= 0.3 is 12.1 Å². The van der Waals surface area contributed by atoms with Gasteiger partial charge in [0.05, 0.1) is 12.2 Å². The summed E-state index contributed by atoms with van der Waals surface area (Å²) in [6.07, 6.45) is 5.18. The number of alkyl halides is 1. The number of hydrogen-bond acceptors (Lipinski definition) is 5. The van der Waals surface area contributed by atoms with Gasteiger partial charge in [-0.3, -0.25) is 4.79 Å². The highest BCUT2D eigenvalue weighted by Crippen LogP contribution is 2.68. The molecule has 0 aromatic heterocycles. The van der Waals surface area contributed by atoms with Crippen LogP contribution in [0.25, 0.3) is 0 Å². The lowest BCUT2D eigenvalue weighted by Crippen LogP contribution is -2.62. The third kappa shape index (κ3) is 4.82. The fourth-order valence-electron chi connectivity index (χ4n) is 9.12. The number of aliphatic carboxylic acids is 1. The number of halogens is 1. The van der Waals surface area contributed by atoms with Crippen molar-refractivity contribution in [3.63, 3.8) is 0 Å². The number of carbonyl (C=O) groups excluding carboxylic acids is 1. The molecule has 0 saturated heterocycles. The molecule has 8 heteroatoms. The van der Waals surface area contributed by atoms with Crippen LogP contribution in [-0.2, 0) is 9.53 Å². The summed E-state index contributed by atoms with van der Waals surface area (Å²) >= 11 is 5.65. The third-order valence-electron chi connectivity index (χ3n) is 11.0. The van der Waals surface area contributed by atoms with Crippen molar-refractivity contribution in [1.29, 1.82) is 0 Å². The average Bonchev–Trinajstić information content (AvgIpc) is 3.16. The van der Waals surface area contributed by atoms with E-state index in [0.717, 1.165) is 32.1 Å². The molecule has 0 spiro atoms. The van der Waals surface area contributed by atoms with Crippen molar-refractivity contribution in [2.45, 2.75) is 96.9 Å². The molecule has 4 aliphatic carbocycles. The first-order chi connectivity index (χ1) is 16.5. The molecule has 35 heavy (non-hydrogen) atoms. The highest BCUT2D eigenvalue weighted by Gasteiger charge is 2.65. The van der Waals surface area contributed by atoms with Crippen LogP contribution in [0.5, 0.6) is 0 Å². The van der Waals surface area contributed by atoms with Gasteiger partial charge in [-0.25, -0.2) is 4.79 Å². The smallest absolute Gasteiger partial charge is 0.407 e. The first kappa shape index (κ1) is 27.0. The van der Waals surface area contributed by atoms with Gasteiger partial charge in [-0.15, -0.1) is 11.6 Å². The maximum Gasteiger partial charge on any atom is 0.407 e. The Kier molecular flexibility index (Phi) is 8.00. The Labute approximate surface area is 214 Å². The number of carboxylic acids is 1. The zero-order valence-corrected chi connectivity index (χ0v) is 22.2. The predicted molar refractivity (Wildman–Crippen MR) is 133 cm³/mol. The van der Waals surface area contributed by atoms with Crippen LogP contribution in [0.1, 0.15) is 78.6 Å². The summed E-state index contributed by atoms with van der Waals surface area (Å²) in [5.74, 6) is 0.980. The number of rotatable bonds is 7. The van der Waals surface area contributed by atoms with Crippen LogP contribution in [0.4, 0.5) is 4.79 Å². The lowest BCUT2D eigenvalue weighted by Gasteiger charge is -2.63. The number of nitrogens with one attached hydrogen (secondary N) is 1. The number of fused-ring (bicyclic) bond motifs is 5. The van der Waals surface area contributed by atoms with Crippen molar-refractivity contribution >= 4 is 23.7 Å². The molecule has 1 amide bonds. The van der Waals surface area contributed by atoms with Crippen LogP contribution >= 0.6 is 11.6 Å². The Balaban J connectivity index is 1.49. The number of aliphatic hydroxyl groups is 2. The second-order valence-electron chi connectivity index (χ2n) is 12.4. The van der Waals surface area contributed by atoms with Crippen molar-refractivity contribution in [3.8, 4) is 0 Å². The van der Waals surface area contributed by atoms with Gasteiger partial charge in [0.25, 0.3) is 0 Å². The fraction of sp³-hybridized carbons (Fsp3) is 0.926. The molecule has 0 bridgehead atoms. The molecule has 0 aromatic carbocycles. The van der Waals surface area contributed by atoms with Gasteiger partial charge in [-0.2, -0.15) is 0 Å². The maximum absolute atomic E-state index is 12.1. The fourth-order valence-corrected chi connectivity index (χ4v) is 9.21. The molecule has 0 radical (unpaired) electrons. The van der Waals surface area contributed by atoms with Crippen molar-refractivity contribution in [2.75, 3.05) is 12.4 Å². The summed E-state index contributed by atoms with van der Waals surface area (Å²) < 4.78 is 5.66. The van der Waals surface area contributed by atoms with E-state index in [1.807, 2.05) is 0 Å². The van der Waals surface area contributed by atoms with E-state index in [1.54, 1.807) is 0 Å². The second kappa shape index (κ2) is 10.4. The Morgan fingerprint density at radius 3 is 2.54 bits per heavy atom. The number of alkyl carbamates (subject to hydrolysis) is 1. The van der Waals surface area contributed by atoms with Crippen molar-refractivity contribution in [2.24, 2.45) is 46.3 Å². The summed E-state index contributed by atoms with van der Waals surface area (Å²) in [4.78, 5) is 23.2. The molecule has 4 aliphatic rings. The van der Waals surface area contributed by atoms with E-state index in [9.17, 15) is 19.8 Å². The normalized spacial score (nSPS) is 45.5. The van der Waals surface area contributed by atoms with E-state index in [-0.39, 0.29) is 58.9 Å². The number of carboxylic acid groups (broad SMARTS) is 1. The number of ether oxygens (including phenoxy) is 1. The highest BCUT2D eigenvalue weighted by atomic mass is 35.5. The van der Waals surface area contributed by atoms with Gasteiger partial charge in [-0.1, -0.05) is 20.8 Å². The molecule has 200 valence electrons. The number of aliphatic hydroxyl groups excluding tert-OH is 2. The minimum Gasteiger partial charge on any atom is -0.481 e. The van der Waals surface area contributed by atoms with E-state index in [2.05, 4.69) is 26.1 Å². The van der Waals surface area contributed by atoms with E-state index in [4.69, 9.17) is 21.4 Å². The van der Waals surface area contributed by atoms with Gasteiger partial charge < -0.3 is 25.4 Å². The number of carbonyl (C=O) groups is 2. The molecule has 0 heterocycles. The van der Waals surface area contributed by atoms with Crippen LogP contribution in [0, 0.1) is 46.3 Å². The lowest BCUT2D eigenvalue weighted by atomic mass is 9.43. The Hall–Kier alpha value is -1.05. The van der Waals surface area contributed by atoms with Gasteiger partial charge in [0, 0.05) is 18.8 Å². The average molecular weight is 514 g/mol. The Bertz CT molecular complexity index is 796. The molecule has 0 aromatic rings. The van der Waals surface area contributed by atoms with Gasteiger partial charge in [0.15, 0.2) is 0 Å². The summed E-state index contributed by atoms with van der Waals surface area (Å²) in [6.45, 7) is 7.06. The number of hydrogen-bond donors (Lipinski definition) is 4. The van der Waals surface area contributed by atoms with Gasteiger partial charge in [0.1, 0.15) is 6.10 Å². The van der Waals surface area contributed by atoms with Crippen LogP contribution in [0.15, 0.2) is 0 Å². The monoisotopic (exact) mass is 513 g/mol. The third-order valence-corrected chi connectivity index (χ3v) is 11.1. The molecule has 7 nitrogen and oxygen atoms in total. The van der Waals surface area contributed by atoms with E-state index in [1.165, 1.54) is 0 Å². The topological polar surface area (TPSA) is 116 Å². The zero-order valence-electron chi connectivity index (χ0n) is 21.4. The summed E-state index contributed by atoms with van der Waals surface area (Å²) in [6, 6.07) is 0. The molecular weight excluding hydrogens is 470 g/mol. The Morgan fingerprint density at radius 2 is 1.86 bits per heavy atom. The zero-order chi connectivity index (χ0) is 25.5. The molecular formula is C27H44ClNO6. The van der Waals surface area contributed by atoms with Crippen LogP contribution < -0.4 is 5.32 Å². The molecule has 4 fully saturated rings.